The normalized spacial score (nSPS) is 9.17. The highest BCUT2D eigenvalue weighted by molar-refractivity contribution is 14.1. The van der Waals surface area contributed by atoms with Crippen LogP contribution in [0.15, 0.2) is 23.3 Å². The summed E-state index contributed by atoms with van der Waals surface area (Å²) in [7, 11) is 0. The van der Waals surface area contributed by atoms with E-state index in [4.69, 9.17) is 5.53 Å². The molecule has 0 saturated carbocycles. The van der Waals surface area contributed by atoms with Crippen LogP contribution in [0.2, 0.25) is 0 Å². The van der Waals surface area contributed by atoms with Crippen molar-refractivity contribution in [2.45, 2.75) is 5.33 Å². The molecule has 62 valence electrons. The first kappa shape index (κ1) is 9.83. The van der Waals surface area contributed by atoms with Crippen molar-refractivity contribution in [3.63, 3.8) is 0 Å². The van der Waals surface area contributed by atoms with Gasteiger partial charge < -0.3 is 0 Å². The van der Waals surface area contributed by atoms with Gasteiger partial charge in [-0.1, -0.05) is 21.0 Å². The van der Waals surface area contributed by atoms with Gasteiger partial charge in [0.15, 0.2) is 0 Å². The van der Waals surface area contributed by atoms with Crippen molar-refractivity contribution in [2.24, 2.45) is 5.11 Å². The number of hydrogen-bond donors (Lipinski definition) is 0. The maximum Gasteiger partial charge on any atom is 0.0388 e. The quantitative estimate of drug-likeness (QED) is 0.256. The highest BCUT2D eigenvalue weighted by Gasteiger charge is 1.95. The summed E-state index contributed by atoms with van der Waals surface area (Å²) >= 11 is 5.53. The summed E-state index contributed by atoms with van der Waals surface area (Å²) in [6.45, 7) is 0. The fourth-order valence-corrected chi connectivity index (χ4v) is 1.86. The number of hydrogen-bond acceptors (Lipinski definition) is 1. The van der Waals surface area contributed by atoms with Crippen LogP contribution in [0.4, 0.5) is 5.69 Å². The van der Waals surface area contributed by atoms with Crippen molar-refractivity contribution in [1.29, 1.82) is 0 Å². The molecule has 5 heteroatoms. The number of alkyl halides is 1. The Kier molecular flexibility index (Phi) is 3.84. The minimum absolute atomic E-state index is 0.666. The van der Waals surface area contributed by atoms with Gasteiger partial charge in [-0.3, -0.25) is 0 Å². The second-order valence-corrected chi connectivity index (χ2v) is 3.95. The Bertz CT molecular complexity index is 333. The smallest absolute Gasteiger partial charge is 0.0388 e. The van der Waals surface area contributed by atoms with E-state index in [1.54, 1.807) is 0 Å². The highest BCUT2D eigenvalue weighted by atomic mass is 127. The lowest BCUT2D eigenvalue weighted by Crippen LogP contribution is -1.78. The molecule has 0 heterocycles. The Balaban J connectivity index is 3.14. The van der Waals surface area contributed by atoms with Crippen LogP contribution in [0.1, 0.15) is 5.56 Å². The standard InChI is InChI=1S/C7H5BrIN3/c8-4-5-1-6(9)3-7(2-5)11-12-10/h1-3H,4H2. The number of azide groups is 1. The molecule has 0 atom stereocenters. The second kappa shape index (κ2) is 4.69. The summed E-state index contributed by atoms with van der Waals surface area (Å²) in [5.74, 6) is 0. The molecule has 12 heavy (non-hydrogen) atoms. The van der Waals surface area contributed by atoms with Crippen LogP contribution in [-0.2, 0) is 5.33 Å². The van der Waals surface area contributed by atoms with Crippen LogP contribution in [0.25, 0.3) is 10.4 Å². The third kappa shape index (κ3) is 2.66. The molecule has 0 saturated heterocycles. The Morgan fingerprint density at radius 2 is 2.25 bits per heavy atom. The average molecular weight is 338 g/mol. The molecule has 1 aromatic rings. The van der Waals surface area contributed by atoms with Crippen molar-refractivity contribution in [3.05, 3.63) is 37.8 Å². The van der Waals surface area contributed by atoms with Crippen LogP contribution in [0, 0.1) is 3.57 Å². The Labute approximate surface area is 92.1 Å². The number of halogens is 2. The zero-order valence-electron chi connectivity index (χ0n) is 6.04. The van der Waals surface area contributed by atoms with E-state index in [1.165, 1.54) is 0 Å². The van der Waals surface area contributed by atoms with Crippen molar-refractivity contribution in [1.82, 2.24) is 0 Å². The average Bonchev–Trinajstić information content (AvgIpc) is 2.04. The number of rotatable bonds is 2. The Morgan fingerprint density at radius 1 is 1.50 bits per heavy atom. The minimum atomic E-state index is 0.666. The van der Waals surface area contributed by atoms with E-state index < -0.39 is 0 Å². The second-order valence-electron chi connectivity index (χ2n) is 2.14. The fourth-order valence-electron chi connectivity index (χ4n) is 0.820. The van der Waals surface area contributed by atoms with E-state index >= 15 is 0 Å². The van der Waals surface area contributed by atoms with Crippen LogP contribution < -0.4 is 0 Å². The molecule has 0 aromatic heterocycles. The monoisotopic (exact) mass is 337 g/mol. The maximum atomic E-state index is 8.22. The highest BCUT2D eigenvalue weighted by Crippen LogP contribution is 2.20. The summed E-state index contributed by atoms with van der Waals surface area (Å²) in [6, 6.07) is 5.73. The first-order valence-corrected chi connectivity index (χ1v) is 5.37. The Morgan fingerprint density at radius 3 is 2.83 bits per heavy atom. The van der Waals surface area contributed by atoms with Gasteiger partial charge in [0, 0.05) is 19.5 Å². The number of nitrogens with zero attached hydrogens (tertiary/aromatic N) is 3. The zero-order chi connectivity index (χ0) is 8.97. The lowest BCUT2D eigenvalue weighted by Gasteiger charge is -1.98. The van der Waals surface area contributed by atoms with Gasteiger partial charge >= 0.3 is 0 Å². The third-order valence-electron chi connectivity index (χ3n) is 1.26. The molecule has 0 spiro atoms. The Hall–Kier alpha value is -0.260. The van der Waals surface area contributed by atoms with Gasteiger partial charge in [-0.25, -0.2) is 0 Å². The third-order valence-corrected chi connectivity index (χ3v) is 2.53. The van der Waals surface area contributed by atoms with Gasteiger partial charge in [-0.2, -0.15) is 0 Å². The molecular formula is C7H5BrIN3. The molecule has 0 amide bonds. The van der Waals surface area contributed by atoms with Crippen molar-refractivity contribution in [3.8, 4) is 0 Å². The predicted molar refractivity (Wildman–Crippen MR) is 60.6 cm³/mol. The van der Waals surface area contributed by atoms with Gasteiger partial charge in [0.25, 0.3) is 0 Å². The summed E-state index contributed by atoms with van der Waals surface area (Å²) in [4.78, 5) is 2.73. The van der Waals surface area contributed by atoms with Crippen LogP contribution in [-0.4, -0.2) is 0 Å². The molecular weight excluding hydrogens is 333 g/mol. The van der Waals surface area contributed by atoms with Crippen LogP contribution in [0.5, 0.6) is 0 Å². The first-order valence-electron chi connectivity index (χ1n) is 3.17. The van der Waals surface area contributed by atoms with Crippen molar-refractivity contribution < 1.29 is 0 Å². The van der Waals surface area contributed by atoms with Gasteiger partial charge in [-0.05, 0) is 51.9 Å². The molecule has 3 nitrogen and oxygen atoms in total. The molecule has 1 rings (SSSR count). The topological polar surface area (TPSA) is 48.8 Å². The van der Waals surface area contributed by atoms with Crippen molar-refractivity contribution >= 4 is 44.2 Å². The predicted octanol–water partition coefficient (Wildman–Crippen LogP) is 4.13. The molecule has 0 unspecified atom stereocenters. The van der Waals surface area contributed by atoms with Gasteiger partial charge in [0.05, 0.1) is 0 Å². The molecule has 0 bridgehead atoms. The summed E-state index contributed by atoms with van der Waals surface area (Å²) in [5, 5.41) is 4.31. The van der Waals surface area contributed by atoms with E-state index in [9.17, 15) is 0 Å². The zero-order valence-corrected chi connectivity index (χ0v) is 9.78. The molecule has 0 aliphatic carbocycles. The fraction of sp³-hybridized carbons (Fsp3) is 0.143. The summed E-state index contributed by atoms with van der Waals surface area (Å²) < 4.78 is 1.08. The van der Waals surface area contributed by atoms with E-state index in [-0.39, 0.29) is 0 Å². The number of benzene rings is 1. The molecule has 0 N–H and O–H groups in total. The van der Waals surface area contributed by atoms with Crippen molar-refractivity contribution in [2.75, 3.05) is 0 Å². The van der Waals surface area contributed by atoms with Gasteiger partial charge in [0.1, 0.15) is 0 Å². The van der Waals surface area contributed by atoms with Gasteiger partial charge in [-0.15, -0.1) is 0 Å². The lowest BCUT2D eigenvalue weighted by atomic mass is 10.2. The molecule has 0 fully saturated rings. The summed E-state index contributed by atoms with van der Waals surface area (Å²) in [5.41, 5.74) is 10.00. The van der Waals surface area contributed by atoms with Gasteiger partial charge in [0.2, 0.25) is 0 Å². The van der Waals surface area contributed by atoms with E-state index in [2.05, 4.69) is 48.5 Å². The van der Waals surface area contributed by atoms with Crippen LogP contribution in [0.3, 0.4) is 0 Å². The van der Waals surface area contributed by atoms with E-state index in [1.807, 2.05) is 18.2 Å². The SMILES string of the molecule is [N-]=[N+]=Nc1cc(I)cc(CBr)c1. The maximum absolute atomic E-state index is 8.22. The van der Waals surface area contributed by atoms with E-state index in [0.717, 1.165) is 14.5 Å². The molecule has 0 aliphatic rings. The lowest BCUT2D eigenvalue weighted by molar-refractivity contribution is 1.37. The van der Waals surface area contributed by atoms with Crippen LogP contribution >= 0.6 is 38.5 Å². The molecule has 0 radical (unpaired) electrons. The largest absolute Gasteiger partial charge is 0.0876 e. The first-order chi connectivity index (χ1) is 5.76. The minimum Gasteiger partial charge on any atom is -0.0876 e. The molecule has 0 aliphatic heterocycles. The summed E-state index contributed by atoms with van der Waals surface area (Å²) in [6.07, 6.45) is 0. The molecule has 1 aromatic carbocycles. The van der Waals surface area contributed by atoms with E-state index in [0.29, 0.717) is 5.69 Å².